The van der Waals surface area contributed by atoms with E-state index in [1.807, 2.05) is 0 Å². The molecule has 1 heterocycles. The van der Waals surface area contributed by atoms with Gasteiger partial charge in [0.1, 0.15) is 0 Å². The maximum absolute atomic E-state index is 10.6. The second kappa shape index (κ2) is 6.05. The zero-order chi connectivity index (χ0) is 12.0. The Balaban J connectivity index is 2.46. The molecule has 0 radical (unpaired) electrons. The molecule has 0 aromatic carbocycles. The minimum absolute atomic E-state index is 0.336. The molecule has 5 heteroatoms. The molecule has 0 bridgehead atoms. The number of anilines is 1. The quantitative estimate of drug-likeness (QED) is 0.765. The normalized spacial score (nSPS) is 12.1. The summed E-state index contributed by atoms with van der Waals surface area (Å²) in [4.78, 5) is 18.8. The summed E-state index contributed by atoms with van der Waals surface area (Å²) in [5.41, 5.74) is 1.10. The fourth-order valence-corrected chi connectivity index (χ4v) is 1.20. The van der Waals surface area contributed by atoms with Gasteiger partial charge in [-0.3, -0.25) is 4.79 Å². The largest absolute Gasteiger partial charge is 0.481 e. The molecule has 2 N–H and O–H groups in total. The molecule has 0 aliphatic rings. The van der Waals surface area contributed by atoms with Crippen LogP contribution in [0.2, 0.25) is 0 Å². The first-order valence-electron chi connectivity index (χ1n) is 5.41. The van der Waals surface area contributed by atoms with E-state index in [2.05, 4.69) is 22.2 Å². The Morgan fingerprint density at radius 3 is 2.62 bits per heavy atom. The fourth-order valence-electron chi connectivity index (χ4n) is 1.20. The fraction of sp³-hybridized carbons (Fsp3) is 0.545. The lowest BCUT2D eigenvalue weighted by Crippen LogP contribution is -2.20. The summed E-state index contributed by atoms with van der Waals surface area (Å²) in [5, 5.41) is 11.6. The van der Waals surface area contributed by atoms with Crippen molar-refractivity contribution in [1.82, 2.24) is 9.97 Å². The molecule has 1 rings (SSSR count). The summed E-state index contributed by atoms with van der Waals surface area (Å²) in [6.45, 7) is 4.07. The third-order valence-electron chi connectivity index (χ3n) is 2.23. The van der Waals surface area contributed by atoms with Crippen LogP contribution in [0, 0.1) is 5.92 Å². The van der Waals surface area contributed by atoms with Gasteiger partial charge in [0, 0.05) is 18.9 Å². The number of nitrogens with zero attached hydrogens (tertiary/aromatic N) is 2. The van der Waals surface area contributed by atoms with Gasteiger partial charge in [0.05, 0.1) is 5.92 Å². The number of hydrogen-bond donors (Lipinski definition) is 2. The average molecular weight is 223 g/mol. The van der Waals surface area contributed by atoms with E-state index in [0.717, 1.165) is 18.4 Å². The Labute approximate surface area is 94.9 Å². The first-order chi connectivity index (χ1) is 7.63. The zero-order valence-electron chi connectivity index (χ0n) is 9.60. The highest BCUT2D eigenvalue weighted by Gasteiger charge is 2.10. The number of nitrogens with one attached hydrogen (secondary N) is 1. The number of carboxylic acid groups (broad SMARTS) is 1. The maximum Gasteiger partial charge on any atom is 0.308 e. The van der Waals surface area contributed by atoms with Gasteiger partial charge in [-0.1, -0.05) is 20.3 Å². The van der Waals surface area contributed by atoms with Crippen molar-refractivity contribution in [3.8, 4) is 0 Å². The third kappa shape index (κ3) is 3.84. The number of rotatable bonds is 6. The third-order valence-corrected chi connectivity index (χ3v) is 2.23. The van der Waals surface area contributed by atoms with Gasteiger partial charge in [-0.15, -0.1) is 0 Å². The molecule has 16 heavy (non-hydrogen) atoms. The summed E-state index contributed by atoms with van der Waals surface area (Å²) in [5.74, 6) is -0.790. The molecule has 0 saturated heterocycles. The Kier molecular flexibility index (Phi) is 4.69. The van der Waals surface area contributed by atoms with E-state index >= 15 is 0 Å². The van der Waals surface area contributed by atoms with Crippen molar-refractivity contribution in [3.63, 3.8) is 0 Å². The lowest BCUT2D eigenvalue weighted by atomic mass is 10.2. The van der Waals surface area contributed by atoms with Crippen molar-refractivity contribution in [2.45, 2.75) is 26.7 Å². The molecule has 1 aromatic heterocycles. The number of carbonyl (C=O) groups is 1. The minimum Gasteiger partial charge on any atom is -0.481 e. The van der Waals surface area contributed by atoms with Crippen molar-refractivity contribution in [2.75, 3.05) is 11.9 Å². The van der Waals surface area contributed by atoms with Crippen LogP contribution in [0.15, 0.2) is 12.4 Å². The lowest BCUT2D eigenvalue weighted by molar-refractivity contribution is -0.140. The van der Waals surface area contributed by atoms with Crippen LogP contribution in [0.25, 0.3) is 0 Å². The van der Waals surface area contributed by atoms with Gasteiger partial charge < -0.3 is 10.4 Å². The van der Waals surface area contributed by atoms with Crippen LogP contribution in [-0.4, -0.2) is 27.6 Å². The van der Waals surface area contributed by atoms with Crippen LogP contribution in [0.5, 0.6) is 0 Å². The summed E-state index contributed by atoms with van der Waals surface area (Å²) < 4.78 is 0. The Morgan fingerprint density at radius 2 is 2.12 bits per heavy atom. The molecular weight excluding hydrogens is 206 g/mol. The van der Waals surface area contributed by atoms with Gasteiger partial charge in [0.15, 0.2) is 0 Å². The number of aryl methyl sites for hydroxylation is 1. The molecule has 0 aliphatic heterocycles. The van der Waals surface area contributed by atoms with E-state index in [0.29, 0.717) is 12.5 Å². The molecule has 1 aromatic rings. The molecule has 1 atom stereocenters. The van der Waals surface area contributed by atoms with Gasteiger partial charge >= 0.3 is 5.97 Å². The number of aliphatic carboxylic acids is 1. The molecule has 5 nitrogen and oxygen atoms in total. The van der Waals surface area contributed by atoms with Gasteiger partial charge in [0.2, 0.25) is 5.95 Å². The van der Waals surface area contributed by atoms with Gasteiger partial charge in [0.25, 0.3) is 0 Å². The molecule has 0 fully saturated rings. The molecule has 1 unspecified atom stereocenters. The van der Waals surface area contributed by atoms with E-state index < -0.39 is 11.9 Å². The second-order valence-electron chi connectivity index (χ2n) is 3.79. The highest BCUT2D eigenvalue weighted by molar-refractivity contribution is 5.70. The van der Waals surface area contributed by atoms with Crippen LogP contribution in [-0.2, 0) is 11.2 Å². The zero-order valence-corrected chi connectivity index (χ0v) is 9.60. The summed E-state index contributed by atoms with van der Waals surface area (Å²) >= 11 is 0. The molecule has 0 spiro atoms. The van der Waals surface area contributed by atoms with Crippen LogP contribution in [0.1, 0.15) is 25.8 Å². The van der Waals surface area contributed by atoms with Crippen molar-refractivity contribution in [2.24, 2.45) is 5.92 Å². The summed E-state index contributed by atoms with van der Waals surface area (Å²) in [6, 6.07) is 0. The predicted octanol–water partition coefficient (Wildman–Crippen LogP) is 1.56. The smallest absolute Gasteiger partial charge is 0.308 e. The Morgan fingerprint density at radius 1 is 1.50 bits per heavy atom. The molecule has 0 saturated carbocycles. The number of carboxylic acids is 1. The monoisotopic (exact) mass is 223 g/mol. The van der Waals surface area contributed by atoms with Crippen LogP contribution in [0.3, 0.4) is 0 Å². The maximum atomic E-state index is 10.6. The van der Waals surface area contributed by atoms with Crippen LogP contribution in [0.4, 0.5) is 5.95 Å². The van der Waals surface area contributed by atoms with E-state index in [9.17, 15) is 4.79 Å². The van der Waals surface area contributed by atoms with Crippen LogP contribution < -0.4 is 5.32 Å². The SMILES string of the molecule is CCCc1cnc(NCC(C)C(=O)O)nc1. The average Bonchev–Trinajstić information content (AvgIpc) is 2.28. The van der Waals surface area contributed by atoms with Crippen LogP contribution >= 0.6 is 0 Å². The predicted molar refractivity (Wildman–Crippen MR) is 61.3 cm³/mol. The van der Waals surface area contributed by atoms with Crippen molar-refractivity contribution in [1.29, 1.82) is 0 Å². The second-order valence-corrected chi connectivity index (χ2v) is 3.79. The topological polar surface area (TPSA) is 75.1 Å². The van der Waals surface area contributed by atoms with E-state index in [-0.39, 0.29) is 0 Å². The first-order valence-corrected chi connectivity index (χ1v) is 5.41. The Bertz CT molecular complexity index is 338. The molecule has 88 valence electrons. The molecule has 0 amide bonds. The lowest BCUT2D eigenvalue weighted by Gasteiger charge is -2.08. The highest BCUT2D eigenvalue weighted by atomic mass is 16.4. The van der Waals surface area contributed by atoms with Crippen molar-refractivity contribution in [3.05, 3.63) is 18.0 Å². The summed E-state index contributed by atoms with van der Waals surface area (Å²) in [6.07, 6.45) is 5.56. The molecule has 0 aliphatic carbocycles. The first kappa shape index (κ1) is 12.4. The van der Waals surface area contributed by atoms with E-state index in [4.69, 9.17) is 5.11 Å². The van der Waals surface area contributed by atoms with Gasteiger partial charge in [-0.25, -0.2) is 9.97 Å². The van der Waals surface area contributed by atoms with Crippen molar-refractivity contribution < 1.29 is 9.90 Å². The van der Waals surface area contributed by atoms with Gasteiger partial charge in [-0.2, -0.15) is 0 Å². The minimum atomic E-state index is -0.824. The Hall–Kier alpha value is -1.65. The van der Waals surface area contributed by atoms with Crippen molar-refractivity contribution >= 4 is 11.9 Å². The van der Waals surface area contributed by atoms with E-state index in [1.165, 1.54) is 0 Å². The van der Waals surface area contributed by atoms with E-state index in [1.54, 1.807) is 19.3 Å². The summed E-state index contributed by atoms with van der Waals surface area (Å²) in [7, 11) is 0. The number of hydrogen-bond acceptors (Lipinski definition) is 4. The standard InChI is InChI=1S/C11H17N3O2/c1-3-4-9-6-13-11(14-7-9)12-5-8(2)10(15)16/h6-8H,3-5H2,1-2H3,(H,15,16)(H,12,13,14). The number of aromatic nitrogens is 2. The van der Waals surface area contributed by atoms with Gasteiger partial charge in [-0.05, 0) is 12.0 Å². The molecular formula is C11H17N3O2. The highest BCUT2D eigenvalue weighted by Crippen LogP contribution is 2.04.